The third kappa shape index (κ3) is 7.32. The molecule has 0 radical (unpaired) electrons. The van der Waals surface area contributed by atoms with Gasteiger partial charge >= 0.3 is 12.1 Å². The van der Waals surface area contributed by atoms with Crippen LogP contribution in [0.25, 0.3) is 0 Å². The van der Waals surface area contributed by atoms with Gasteiger partial charge in [0.1, 0.15) is 17.7 Å². The number of hydrogen-bond donors (Lipinski definition) is 2. The number of hydrogen-bond acceptors (Lipinski definition) is 4. The average molecular weight is 358 g/mol. The summed E-state index contributed by atoms with van der Waals surface area (Å²) in [5.74, 6) is -1.39. The first-order valence-corrected chi connectivity index (χ1v) is 8.86. The average Bonchev–Trinajstić information content (AvgIpc) is 2.92. The molecule has 1 saturated heterocycles. The zero-order valence-electron chi connectivity index (χ0n) is 16.8. The van der Waals surface area contributed by atoms with Gasteiger partial charge in [0.15, 0.2) is 0 Å². The molecule has 25 heavy (non-hydrogen) atoms. The number of alkyl carbamates (subject to hydrolysis) is 1. The predicted molar refractivity (Wildman–Crippen MR) is 96.3 cm³/mol. The SMILES string of the molecule is CC.CC(C)(C)OC(=O)NC(C(=O)N1CCCC1C(=O)O)C(C)(C)C. The summed E-state index contributed by atoms with van der Waals surface area (Å²) in [4.78, 5) is 37.5. The van der Waals surface area contributed by atoms with E-state index in [1.165, 1.54) is 4.90 Å². The van der Waals surface area contributed by atoms with Gasteiger partial charge < -0.3 is 20.1 Å². The highest BCUT2D eigenvalue weighted by Gasteiger charge is 2.42. The minimum Gasteiger partial charge on any atom is -0.480 e. The lowest BCUT2D eigenvalue weighted by Gasteiger charge is -2.35. The molecule has 146 valence electrons. The minimum absolute atomic E-state index is 0.381. The Morgan fingerprint density at radius 3 is 2.04 bits per heavy atom. The lowest BCUT2D eigenvalue weighted by Crippen LogP contribution is -2.57. The Kier molecular flexibility index (Phi) is 8.41. The quantitative estimate of drug-likeness (QED) is 0.808. The number of likely N-dealkylation sites (tertiary alicyclic amines) is 1. The van der Waals surface area contributed by atoms with Gasteiger partial charge in [0.2, 0.25) is 5.91 Å². The lowest BCUT2D eigenvalue weighted by molar-refractivity contribution is -0.150. The Labute approximate surface area is 151 Å². The third-order valence-corrected chi connectivity index (χ3v) is 3.59. The van der Waals surface area contributed by atoms with Crippen LogP contribution in [0, 0.1) is 5.41 Å². The van der Waals surface area contributed by atoms with E-state index in [-0.39, 0.29) is 5.91 Å². The molecule has 0 saturated carbocycles. The van der Waals surface area contributed by atoms with E-state index in [9.17, 15) is 19.5 Å². The Morgan fingerprint density at radius 1 is 1.12 bits per heavy atom. The fourth-order valence-electron chi connectivity index (χ4n) is 2.53. The van der Waals surface area contributed by atoms with Gasteiger partial charge in [-0.15, -0.1) is 0 Å². The van der Waals surface area contributed by atoms with Crippen LogP contribution < -0.4 is 5.32 Å². The molecule has 2 N–H and O–H groups in total. The number of rotatable bonds is 3. The predicted octanol–water partition coefficient (Wildman–Crippen LogP) is 3.03. The molecule has 7 heteroatoms. The zero-order valence-corrected chi connectivity index (χ0v) is 16.8. The smallest absolute Gasteiger partial charge is 0.408 e. The van der Waals surface area contributed by atoms with Gasteiger partial charge in [-0.2, -0.15) is 0 Å². The monoisotopic (exact) mass is 358 g/mol. The molecular weight excluding hydrogens is 324 g/mol. The molecule has 1 aliphatic heterocycles. The summed E-state index contributed by atoms with van der Waals surface area (Å²) in [5, 5.41) is 11.9. The lowest BCUT2D eigenvalue weighted by atomic mass is 9.85. The fraction of sp³-hybridized carbons (Fsp3) is 0.833. The summed E-state index contributed by atoms with van der Waals surface area (Å²) in [6, 6.07) is -1.68. The summed E-state index contributed by atoms with van der Waals surface area (Å²) in [7, 11) is 0. The molecule has 1 heterocycles. The number of amides is 2. The molecule has 1 rings (SSSR count). The normalized spacial score (nSPS) is 18.7. The van der Waals surface area contributed by atoms with Gasteiger partial charge in [0.05, 0.1) is 0 Å². The summed E-state index contributed by atoms with van der Waals surface area (Å²) < 4.78 is 5.21. The molecule has 0 aromatic heterocycles. The molecule has 2 amide bonds. The number of ether oxygens (including phenoxy) is 1. The van der Waals surface area contributed by atoms with E-state index < -0.39 is 35.2 Å². The van der Waals surface area contributed by atoms with E-state index in [1.807, 2.05) is 34.6 Å². The second kappa shape index (κ2) is 9.06. The van der Waals surface area contributed by atoms with Crippen molar-refractivity contribution in [3.63, 3.8) is 0 Å². The standard InChI is InChI=1S/C16H28N2O5.C2H6/c1-15(2,3)11(17-14(22)23-16(4,5)6)12(19)18-9-7-8-10(18)13(20)21;1-2/h10-11H,7-9H2,1-6H3,(H,17,22)(H,20,21);1-2H3. The van der Waals surface area contributed by atoms with E-state index in [1.54, 1.807) is 20.8 Å². The van der Waals surface area contributed by atoms with Crippen LogP contribution in [0.5, 0.6) is 0 Å². The number of carboxylic acids is 1. The summed E-state index contributed by atoms with van der Waals surface area (Å²) in [5.41, 5.74) is -1.24. The summed E-state index contributed by atoms with van der Waals surface area (Å²) in [6.45, 7) is 15.1. The molecular formula is C18H34N2O5. The maximum Gasteiger partial charge on any atom is 0.408 e. The Balaban J connectivity index is 0.00000277. The van der Waals surface area contributed by atoms with Crippen LogP contribution in [-0.4, -0.2) is 52.2 Å². The molecule has 0 aromatic rings. The van der Waals surface area contributed by atoms with Crippen molar-refractivity contribution < 1.29 is 24.2 Å². The van der Waals surface area contributed by atoms with Crippen molar-refractivity contribution in [2.75, 3.05) is 6.54 Å². The first-order chi connectivity index (χ1) is 11.3. The molecule has 1 aliphatic rings. The molecule has 1 fully saturated rings. The van der Waals surface area contributed by atoms with Gasteiger partial charge in [-0.1, -0.05) is 34.6 Å². The van der Waals surface area contributed by atoms with Crippen LogP contribution in [0.1, 0.15) is 68.2 Å². The molecule has 2 atom stereocenters. The van der Waals surface area contributed by atoms with Crippen molar-refractivity contribution in [3.8, 4) is 0 Å². The number of aliphatic carboxylic acids is 1. The topological polar surface area (TPSA) is 95.9 Å². The second-order valence-electron chi connectivity index (χ2n) is 7.97. The molecule has 0 aromatic carbocycles. The zero-order chi connectivity index (χ0) is 20.0. The molecule has 2 unspecified atom stereocenters. The number of carbonyl (C=O) groups excluding carboxylic acids is 2. The van der Waals surface area contributed by atoms with Crippen LogP contribution in [0.4, 0.5) is 4.79 Å². The van der Waals surface area contributed by atoms with Crippen LogP contribution in [0.3, 0.4) is 0 Å². The molecule has 0 aliphatic carbocycles. The fourth-order valence-corrected chi connectivity index (χ4v) is 2.53. The van der Waals surface area contributed by atoms with E-state index in [0.717, 1.165) is 0 Å². The third-order valence-electron chi connectivity index (χ3n) is 3.59. The van der Waals surface area contributed by atoms with Gasteiger partial charge in [-0.3, -0.25) is 4.79 Å². The number of nitrogens with zero attached hydrogens (tertiary/aromatic N) is 1. The van der Waals surface area contributed by atoms with Crippen molar-refractivity contribution in [1.82, 2.24) is 10.2 Å². The second-order valence-corrected chi connectivity index (χ2v) is 7.97. The van der Waals surface area contributed by atoms with E-state index in [0.29, 0.717) is 19.4 Å². The Bertz CT molecular complexity index is 477. The molecule has 0 bridgehead atoms. The van der Waals surface area contributed by atoms with Crippen LogP contribution in [-0.2, 0) is 14.3 Å². The van der Waals surface area contributed by atoms with Gasteiger partial charge in [-0.05, 0) is 39.0 Å². The minimum atomic E-state index is -1.01. The number of carbonyl (C=O) groups is 3. The van der Waals surface area contributed by atoms with Crippen molar-refractivity contribution in [2.45, 2.75) is 85.9 Å². The van der Waals surface area contributed by atoms with Gasteiger partial charge in [0, 0.05) is 6.54 Å². The van der Waals surface area contributed by atoms with E-state index in [4.69, 9.17) is 4.74 Å². The Morgan fingerprint density at radius 2 is 1.64 bits per heavy atom. The largest absolute Gasteiger partial charge is 0.480 e. The molecule has 7 nitrogen and oxygen atoms in total. The van der Waals surface area contributed by atoms with Crippen LogP contribution >= 0.6 is 0 Å². The Hall–Kier alpha value is -1.79. The van der Waals surface area contributed by atoms with Gasteiger partial charge in [-0.25, -0.2) is 9.59 Å². The first kappa shape index (κ1) is 23.2. The maximum absolute atomic E-state index is 12.8. The highest BCUT2D eigenvalue weighted by Crippen LogP contribution is 2.26. The van der Waals surface area contributed by atoms with Crippen molar-refractivity contribution in [2.24, 2.45) is 5.41 Å². The van der Waals surface area contributed by atoms with E-state index >= 15 is 0 Å². The highest BCUT2D eigenvalue weighted by atomic mass is 16.6. The summed E-state index contributed by atoms with van der Waals surface area (Å²) >= 11 is 0. The maximum atomic E-state index is 12.8. The van der Waals surface area contributed by atoms with Crippen molar-refractivity contribution in [1.29, 1.82) is 0 Å². The van der Waals surface area contributed by atoms with Crippen LogP contribution in [0.15, 0.2) is 0 Å². The van der Waals surface area contributed by atoms with Gasteiger partial charge in [0.25, 0.3) is 0 Å². The summed E-state index contributed by atoms with van der Waals surface area (Å²) in [6.07, 6.45) is 0.396. The first-order valence-electron chi connectivity index (χ1n) is 8.86. The number of carboxylic acid groups (broad SMARTS) is 1. The van der Waals surface area contributed by atoms with Crippen LogP contribution in [0.2, 0.25) is 0 Å². The highest BCUT2D eigenvalue weighted by molar-refractivity contribution is 5.90. The number of nitrogens with one attached hydrogen (secondary N) is 1. The van der Waals surface area contributed by atoms with E-state index in [2.05, 4.69) is 5.32 Å². The molecule has 0 spiro atoms. The van der Waals surface area contributed by atoms with Crippen molar-refractivity contribution >= 4 is 18.0 Å². The van der Waals surface area contributed by atoms with Crippen molar-refractivity contribution in [3.05, 3.63) is 0 Å².